The van der Waals surface area contributed by atoms with Crippen molar-refractivity contribution in [1.29, 1.82) is 5.41 Å². The van der Waals surface area contributed by atoms with Gasteiger partial charge in [-0.25, -0.2) is 9.78 Å². The van der Waals surface area contributed by atoms with Crippen LogP contribution in [0.4, 0.5) is 11.6 Å². The number of rotatable bonds is 6. The third-order valence-corrected chi connectivity index (χ3v) is 4.96. The fourth-order valence-corrected chi connectivity index (χ4v) is 3.41. The van der Waals surface area contributed by atoms with Gasteiger partial charge in [-0.2, -0.15) is 0 Å². The molecule has 1 aliphatic heterocycles. The second kappa shape index (κ2) is 7.61. The van der Waals surface area contributed by atoms with Crippen LogP contribution in [0.15, 0.2) is 23.1 Å². The lowest BCUT2D eigenvalue weighted by atomic mass is 9.94. The molecule has 26 heavy (non-hydrogen) atoms. The molecule has 3 rings (SSSR count). The van der Waals surface area contributed by atoms with E-state index in [2.05, 4.69) is 14.9 Å². The Labute approximate surface area is 151 Å². The largest absolute Gasteiger partial charge is 0.383 e. The molecule has 0 bridgehead atoms. The van der Waals surface area contributed by atoms with Crippen LogP contribution in [0, 0.1) is 11.3 Å². The predicted octanol–water partition coefficient (Wildman–Crippen LogP) is 0.0512. The van der Waals surface area contributed by atoms with Crippen LogP contribution >= 0.6 is 0 Å². The van der Waals surface area contributed by atoms with Gasteiger partial charge in [-0.05, 0) is 43.4 Å². The van der Waals surface area contributed by atoms with E-state index in [1.807, 2.05) is 12.1 Å². The summed E-state index contributed by atoms with van der Waals surface area (Å²) in [6.45, 7) is 3.01. The molecular weight excluding hydrogens is 332 g/mol. The second-order valence-electron chi connectivity index (χ2n) is 6.72. The van der Waals surface area contributed by atoms with E-state index in [0.29, 0.717) is 0 Å². The summed E-state index contributed by atoms with van der Waals surface area (Å²) in [5, 5.41) is 7.44. The number of imidazole rings is 1. The maximum absolute atomic E-state index is 12.0. The smallest absolute Gasteiger partial charge is 0.328 e. The molecule has 2 aromatic heterocycles. The lowest BCUT2D eigenvalue weighted by Gasteiger charge is -2.32. The van der Waals surface area contributed by atoms with Gasteiger partial charge in [-0.1, -0.05) is 6.07 Å². The highest BCUT2D eigenvalue weighted by Gasteiger charge is 2.19. The number of nitrogens with two attached hydrogens (primary N) is 3. The van der Waals surface area contributed by atoms with Gasteiger partial charge in [0.25, 0.3) is 0 Å². The minimum atomic E-state index is -0.390. The molecule has 0 saturated carbocycles. The first-order chi connectivity index (χ1) is 12.5. The zero-order valence-corrected chi connectivity index (χ0v) is 14.7. The summed E-state index contributed by atoms with van der Waals surface area (Å²) in [5.74, 6) is 1.56. The Morgan fingerprint density at radius 1 is 1.35 bits per heavy atom. The molecule has 3 heterocycles. The van der Waals surface area contributed by atoms with E-state index in [1.54, 1.807) is 6.20 Å². The van der Waals surface area contributed by atoms with E-state index in [-0.39, 0.29) is 23.9 Å². The lowest BCUT2D eigenvalue weighted by Crippen LogP contribution is -2.34. The second-order valence-corrected chi connectivity index (χ2v) is 6.72. The lowest BCUT2D eigenvalue weighted by molar-refractivity contribution is 0.385. The van der Waals surface area contributed by atoms with Crippen molar-refractivity contribution in [1.82, 2.24) is 14.5 Å². The maximum Gasteiger partial charge on any atom is 0.328 e. The molecule has 0 atom stereocenters. The summed E-state index contributed by atoms with van der Waals surface area (Å²) in [5.41, 5.74) is 17.6. The number of pyridine rings is 1. The predicted molar refractivity (Wildman–Crippen MR) is 102 cm³/mol. The molecule has 0 unspecified atom stereocenters. The van der Waals surface area contributed by atoms with Gasteiger partial charge in [0.05, 0.1) is 6.54 Å². The van der Waals surface area contributed by atoms with Crippen LogP contribution in [0.2, 0.25) is 0 Å². The Morgan fingerprint density at radius 3 is 2.62 bits per heavy atom. The average molecular weight is 358 g/mol. The van der Waals surface area contributed by atoms with E-state index in [0.717, 1.165) is 56.2 Å². The maximum atomic E-state index is 12.0. The summed E-state index contributed by atoms with van der Waals surface area (Å²) in [6, 6.07) is 3.92. The number of aromatic nitrogens is 3. The first kappa shape index (κ1) is 18.0. The fraction of sp³-hybridized carbons (Fsp3) is 0.471. The Morgan fingerprint density at radius 2 is 2.08 bits per heavy atom. The Kier molecular flexibility index (Phi) is 5.27. The van der Waals surface area contributed by atoms with Gasteiger partial charge in [0.1, 0.15) is 23.2 Å². The van der Waals surface area contributed by atoms with E-state index in [9.17, 15) is 4.79 Å². The number of anilines is 2. The van der Waals surface area contributed by atoms with Crippen molar-refractivity contribution in [3.05, 3.63) is 40.1 Å². The molecular formula is C17H26N8O. The number of piperidine rings is 1. The van der Waals surface area contributed by atoms with E-state index in [4.69, 9.17) is 22.6 Å². The molecule has 1 aliphatic rings. The molecule has 0 amide bonds. The van der Waals surface area contributed by atoms with Crippen molar-refractivity contribution in [3.8, 4) is 0 Å². The van der Waals surface area contributed by atoms with Gasteiger partial charge in [0, 0.05) is 19.3 Å². The van der Waals surface area contributed by atoms with Crippen molar-refractivity contribution in [2.75, 3.05) is 30.3 Å². The monoisotopic (exact) mass is 358 g/mol. The molecule has 9 heteroatoms. The van der Waals surface area contributed by atoms with Gasteiger partial charge < -0.3 is 27.1 Å². The molecule has 1 saturated heterocycles. The van der Waals surface area contributed by atoms with Gasteiger partial charge >= 0.3 is 5.69 Å². The molecule has 0 spiro atoms. The average Bonchev–Trinajstić information content (AvgIpc) is 2.92. The fourth-order valence-electron chi connectivity index (χ4n) is 3.41. The quantitative estimate of drug-likeness (QED) is 0.363. The number of H-pyrrole nitrogens is 1. The zero-order chi connectivity index (χ0) is 18.7. The normalized spacial score (nSPS) is 15.3. The molecule has 0 aromatic carbocycles. The van der Waals surface area contributed by atoms with Gasteiger partial charge in [0.2, 0.25) is 0 Å². The minimum Gasteiger partial charge on any atom is -0.383 e. The number of hydrogen-bond donors (Lipinski definition) is 5. The van der Waals surface area contributed by atoms with Crippen LogP contribution in [0.1, 0.15) is 30.5 Å². The Balaban J connectivity index is 1.68. The van der Waals surface area contributed by atoms with Gasteiger partial charge in [-0.3, -0.25) is 9.98 Å². The van der Waals surface area contributed by atoms with E-state index >= 15 is 0 Å². The number of nitrogen functional groups attached to an aromatic ring is 2. The molecule has 8 N–H and O–H groups in total. The van der Waals surface area contributed by atoms with Gasteiger partial charge in [0.15, 0.2) is 0 Å². The first-order valence-electron chi connectivity index (χ1n) is 8.82. The summed E-state index contributed by atoms with van der Waals surface area (Å²) in [7, 11) is 0. The highest BCUT2D eigenvalue weighted by atomic mass is 16.1. The molecule has 9 nitrogen and oxygen atoms in total. The van der Waals surface area contributed by atoms with Crippen molar-refractivity contribution in [2.24, 2.45) is 17.4 Å². The highest BCUT2D eigenvalue weighted by Crippen LogP contribution is 2.23. The Bertz CT molecular complexity index is 814. The molecule has 2 aromatic rings. The number of nitrogens with one attached hydrogen (secondary N) is 2. The first-order valence-corrected chi connectivity index (χ1v) is 8.82. The van der Waals surface area contributed by atoms with Crippen molar-refractivity contribution in [3.63, 3.8) is 0 Å². The SMILES string of the molecule is N=C(N)c1[nH]c(=O)n(Cc2ccc(N3CCC(CCN)CC3)nc2)c1N. The number of aromatic amines is 1. The van der Waals surface area contributed by atoms with Crippen LogP contribution in [-0.2, 0) is 6.54 Å². The third-order valence-electron chi connectivity index (χ3n) is 4.96. The van der Waals surface area contributed by atoms with Crippen molar-refractivity contribution in [2.45, 2.75) is 25.8 Å². The minimum absolute atomic E-state index is 0.153. The van der Waals surface area contributed by atoms with Crippen molar-refractivity contribution < 1.29 is 0 Å². The molecule has 140 valence electrons. The summed E-state index contributed by atoms with van der Waals surface area (Å²) >= 11 is 0. The van der Waals surface area contributed by atoms with Crippen LogP contribution in [0.5, 0.6) is 0 Å². The van der Waals surface area contributed by atoms with Crippen LogP contribution in [-0.4, -0.2) is 40.0 Å². The van der Waals surface area contributed by atoms with E-state index < -0.39 is 5.69 Å². The molecule has 0 aliphatic carbocycles. The topological polar surface area (TPSA) is 156 Å². The number of amidine groups is 1. The van der Waals surface area contributed by atoms with Crippen LogP contribution < -0.4 is 27.8 Å². The van der Waals surface area contributed by atoms with Gasteiger partial charge in [-0.15, -0.1) is 0 Å². The zero-order valence-electron chi connectivity index (χ0n) is 14.7. The molecule has 1 fully saturated rings. The third kappa shape index (κ3) is 3.72. The molecule has 0 radical (unpaired) electrons. The van der Waals surface area contributed by atoms with E-state index in [1.165, 1.54) is 4.57 Å². The standard InChI is InChI=1S/C17H26N8O/c18-6-3-11-4-7-24(8-5-11)13-2-1-12(9-22-13)10-25-16(21)14(15(19)20)23-17(25)26/h1-2,9,11H,3-8,10,18,21H2,(H3,19,20)(H,23,26). The number of nitrogens with zero attached hydrogens (tertiary/aromatic N) is 3. The highest BCUT2D eigenvalue weighted by molar-refractivity contribution is 5.97. The van der Waals surface area contributed by atoms with Crippen LogP contribution in [0.25, 0.3) is 0 Å². The summed E-state index contributed by atoms with van der Waals surface area (Å²) in [6.07, 6.45) is 5.14. The van der Waals surface area contributed by atoms with Crippen molar-refractivity contribution >= 4 is 17.5 Å². The summed E-state index contributed by atoms with van der Waals surface area (Å²) < 4.78 is 1.35. The summed E-state index contributed by atoms with van der Waals surface area (Å²) in [4.78, 5) is 21.3. The van der Waals surface area contributed by atoms with Crippen LogP contribution in [0.3, 0.4) is 0 Å². The Hall–Kier alpha value is -2.81. The number of hydrogen-bond acceptors (Lipinski definition) is 6.